The van der Waals surface area contributed by atoms with Crippen molar-refractivity contribution in [2.24, 2.45) is 0 Å². The molecule has 0 radical (unpaired) electrons. The molecule has 0 spiro atoms. The van der Waals surface area contributed by atoms with Crippen molar-refractivity contribution in [2.45, 2.75) is 19.8 Å². The number of methoxy groups -OCH3 is 1. The van der Waals surface area contributed by atoms with Crippen LogP contribution < -0.4 is 5.32 Å². The molecule has 4 heteroatoms. The van der Waals surface area contributed by atoms with Crippen molar-refractivity contribution in [3.05, 3.63) is 29.6 Å². The second-order valence-corrected chi connectivity index (χ2v) is 3.54. The lowest BCUT2D eigenvalue weighted by molar-refractivity contribution is 0.0867. The first kappa shape index (κ1) is 11.7. The second-order valence-electron chi connectivity index (χ2n) is 3.54. The van der Waals surface area contributed by atoms with Crippen LogP contribution in [0.4, 0.5) is 0 Å². The summed E-state index contributed by atoms with van der Waals surface area (Å²) in [6.45, 7) is 4.28. The molecule has 1 rings (SSSR count). The predicted octanol–water partition coefficient (Wildman–Crippen LogP) is 1.54. The highest BCUT2D eigenvalue weighted by Gasteiger charge is 2.08. The number of hydrogen-bond donors (Lipinski definition) is 1. The lowest BCUT2D eigenvalue weighted by Crippen LogP contribution is -2.26. The molecule has 0 unspecified atom stereocenters. The van der Waals surface area contributed by atoms with E-state index in [4.69, 9.17) is 4.74 Å². The van der Waals surface area contributed by atoms with Crippen LogP contribution in [0.5, 0.6) is 0 Å². The van der Waals surface area contributed by atoms with Crippen LogP contribution in [0.2, 0.25) is 0 Å². The molecular weight excluding hydrogens is 192 g/mol. The van der Waals surface area contributed by atoms with Gasteiger partial charge in [0, 0.05) is 12.8 Å². The topological polar surface area (TPSA) is 51.2 Å². The van der Waals surface area contributed by atoms with E-state index in [9.17, 15) is 4.79 Å². The van der Waals surface area contributed by atoms with Crippen molar-refractivity contribution < 1.29 is 9.53 Å². The first-order chi connectivity index (χ1) is 7.15. The molecule has 1 aromatic heterocycles. The van der Waals surface area contributed by atoms with E-state index < -0.39 is 0 Å². The molecule has 1 aromatic rings. The Balaban J connectivity index is 2.76. The monoisotopic (exact) mass is 208 g/mol. The Labute approximate surface area is 89.7 Å². The molecule has 82 valence electrons. The van der Waals surface area contributed by atoms with Crippen LogP contribution in [-0.2, 0) is 4.74 Å². The summed E-state index contributed by atoms with van der Waals surface area (Å²) in [4.78, 5) is 15.8. The quantitative estimate of drug-likeness (QED) is 0.763. The largest absolute Gasteiger partial charge is 0.364 e. The van der Waals surface area contributed by atoms with Gasteiger partial charge in [0.25, 0.3) is 5.91 Å². The molecule has 0 saturated carbocycles. The summed E-state index contributed by atoms with van der Waals surface area (Å²) in [5.74, 6) is 0.111. The third-order valence-electron chi connectivity index (χ3n) is 1.97. The van der Waals surface area contributed by atoms with Crippen LogP contribution in [0.1, 0.15) is 35.9 Å². The fraction of sp³-hybridized carbons (Fsp3) is 0.455. The first-order valence-corrected chi connectivity index (χ1v) is 4.89. The van der Waals surface area contributed by atoms with Crippen molar-refractivity contribution >= 4 is 5.91 Å². The number of aromatic nitrogens is 1. The summed E-state index contributed by atoms with van der Waals surface area (Å²) in [6.07, 6.45) is 0. The molecule has 0 bridgehead atoms. The molecule has 0 atom stereocenters. The van der Waals surface area contributed by atoms with Gasteiger partial charge in [-0.25, -0.2) is 4.98 Å². The molecule has 0 fully saturated rings. The zero-order valence-electron chi connectivity index (χ0n) is 9.28. The summed E-state index contributed by atoms with van der Waals surface area (Å²) in [5, 5.41) is 2.59. The maximum absolute atomic E-state index is 11.5. The van der Waals surface area contributed by atoms with Crippen LogP contribution in [0, 0.1) is 0 Å². The fourth-order valence-corrected chi connectivity index (χ4v) is 1.13. The highest BCUT2D eigenvalue weighted by atomic mass is 16.5. The summed E-state index contributed by atoms with van der Waals surface area (Å²) in [7, 11) is 1.53. The Bertz CT molecular complexity index is 337. The average Bonchev–Trinajstić information content (AvgIpc) is 2.26. The van der Waals surface area contributed by atoms with Gasteiger partial charge in [0.15, 0.2) is 0 Å². The van der Waals surface area contributed by atoms with Crippen LogP contribution in [0.15, 0.2) is 18.2 Å². The summed E-state index contributed by atoms with van der Waals surface area (Å²) in [6, 6.07) is 5.44. The first-order valence-electron chi connectivity index (χ1n) is 4.89. The van der Waals surface area contributed by atoms with Gasteiger partial charge in [-0.05, 0) is 18.1 Å². The maximum atomic E-state index is 11.5. The molecular formula is C11H16N2O2. The Morgan fingerprint density at radius 2 is 2.27 bits per heavy atom. The lowest BCUT2D eigenvalue weighted by atomic mass is 10.1. The average molecular weight is 208 g/mol. The number of carbonyl (C=O) groups is 1. The Hall–Kier alpha value is -1.42. The Morgan fingerprint density at radius 3 is 2.87 bits per heavy atom. The number of pyridine rings is 1. The molecule has 0 aliphatic carbocycles. The molecule has 4 nitrogen and oxygen atoms in total. The highest BCUT2D eigenvalue weighted by molar-refractivity contribution is 5.92. The van der Waals surface area contributed by atoms with E-state index in [0.29, 0.717) is 11.6 Å². The maximum Gasteiger partial charge on any atom is 0.271 e. The van der Waals surface area contributed by atoms with Gasteiger partial charge in [0.05, 0.1) is 0 Å². The van der Waals surface area contributed by atoms with Gasteiger partial charge in [-0.3, -0.25) is 4.79 Å². The van der Waals surface area contributed by atoms with Gasteiger partial charge < -0.3 is 10.1 Å². The molecule has 1 N–H and O–H groups in total. The van der Waals surface area contributed by atoms with E-state index >= 15 is 0 Å². The summed E-state index contributed by atoms with van der Waals surface area (Å²) in [5.41, 5.74) is 1.35. The van der Waals surface area contributed by atoms with Crippen molar-refractivity contribution in [1.29, 1.82) is 0 Å². The van der Waals surface area contributed by atoms with Crippen molar-refractivity contribution in [2.75, 3.05) is 13.8 Å². The minimum Gasteiger partial charge on any atom is -0.364 e. The van der Waals surface area contributed by atoms with Gasteiger partial charge in [-0.2, -0.15) is 0 Å². The highest BCUT2D eigenvalue weighted by Crippen LogP contribution is 2.11. The molecule has 0 saturated heterocycles. The number of amides is 1. The summed E-state index contributed by atoms with van der Waals surface area (Å²) >= 11 is 0. The summed E-state index contributed by atoms with van der Waals surface area (Å²) < 4.78 is 4.75. The molecule has 0 aliphatic heterocycles. The molecule has 15 heavy (non-hydrogen) atoms. The van der Waals surface area contributed by atoms with Crippen molar-refractivity contribution in [3.8, 4) is 0 Å². The Kier molecular flexibility index (Phi) is 4.24. The standard InChI is InChI=1S/C11H16N2O2/c1-8(2)9-5-4-6-10(13-9)11(14)12-7-15-3/h4-6,8H,7H2,1-3H3,(H,12,14). The lowest BCUT2D eigenvalue weighted by Gasteiger charge is -2.07. The van der Waals surface area contributed by atoms with E-state index in [-0.39, 0.29) is 12.6 Å². The second kappa shape index (κ2) is 5.46. The number of hydrogen-bond acceptors (Lipinski definition) is 3. The van der Waals surface area contributed by atoms with Crippen molar-refractivity contribution in [1.82, 2.24) is 10.3 Å². The molecule has 1 heterocycles. The zero-order valence-corrected chi connectivity index (χ0v) is 9.28. The zero-order chi connectivity index (χ0) is 11.3. The predicted molar refractivity (Wildman–Crippen MR) is 57.7 cm³/mol. The third-order valence-corrected chi connectivity index (χ3v) is 1.97. The molecule has 0 aliphatic rings. The number of ether oxygens (including phenoxy) is 1. The van der Waals surface area contributed by atoms with Gasteiger partial charge in [-0.15, -0.1) is 0 Å². The van der Waals surface area contributed by atoms with Crippen LogP contribution in [0.3, 0.4) is 0 Å². The number of nitrogens with one attached hydrogen (secondary N) is 1. The normalized spacial score (nSPS) is 10.4. The van der Waals surface area contributed by atoms with Crippen molar-refractivity contribution in [3.63, 3.8) is 0 Å². The third kappa shape index (κ3) is 3.32. The smallest absolute Gasteiger partial charge is 0.271 e. The van der Waals surface area contributed by atoms with Crippen LogP contribution >= 0.6 is 0 Å². The minimum absolute atomic E-state index is 0.201. The van der Waals surface area contributed by atoms with Gasteiger partial charge in [-0.1, -0.05) is 19.9 Å². The van der Waals surface area contributed by atoms with Gasteiger partial charge in [0.1, 0.15) is 12.4 Å². The SMILES string of the molecule is COCNC(=O)c1cccc(C(C)C)n1. The van der Waals surface area contributed by atoms with Crippen LogP contribution in [-0.4, -0.2) is 24.7 Å². The molecule has 0 aromatic carbocycles. The number of rotatable bonds is 4. The number of carbonyl (C=O) groups excluding carboxylic acids is 1. The van der Waals surface area contributed by atoms with Crippen LogP contribution in [0.25, 0.3) is 0 Å². The fourth-order valence-electron chi connectivity index (χ4n) is 1.13. The van der Waals surface area contributed by atoms with E-state index in [1.807, 2.05) is 26.0 Å². The van der Waals surface area contributed by atoms with E-state index in [0.717, 1.165) is 5.69 Å². The van der Waals surface area contributed by atoms with E-state index in [1.54, 1.807) is 6.07 Å². The van der Waals surface area contributed by atoms with Gasteiger partial charge >= 0.3 is 0 Å². The van der Waals surface area contributed by atoms with Gasteiger partial charge in [0.2, 0.25) is 0 Å². The van der Waals surface area contributed by atoms with E-state index in [1.165, 1.54) is 7.11 Å². The number of nitrogens with zero attached hydrogens (tertiary/aromatic N) is 1. The Morgan fingerprint density at radius 1 is 1.53 bits per heavy atom. The minimum atomic E-state index is -0.209. The van der Waals surface area contributed by atoms with E-state index in [2.05, 4.69) is 10.3 Å². The molecule has 1 amide bonds.